The van der Waals surface area contributed by atoms with E-state index in [4.69, 9.17) is 4.74 Å². The molecule has 23 heavy (non-hydrogen) atoms. The average molecular weight is 385 g/mol. The van der Waals surface area contributed by atoms with Crippen LogP contribution >= 0.6 is 15.9 Å². The van der Waals surface area contributed by atoms with E-state index >= 15 is 0 Å². The van der Waals surface area contributed by atoms with Gasteiger partial charge < -0.3 is 15.4 Å². The number of nitrogens with one attached hydrogen (secondary N) is 2. The van der Waals surface area contributed by atoms with Gasteiger partial charge in [0.2, 0.25) is 0 Å². The molecule has 2 unspecified atom stereocenters. The van der Waals surface area contributed by atoms with E-state index < -0.39 is 5.60 Å². The van der Waals surface area contributed by atoms with Gasteiger partial charge in [-0.25, -0.2) is 4.79 Å². The summed E-state index contributed by atoms with van der Waals surface area (Å²) >= 11 is 3.50. The quantitative estimate of drug-likeness (QED) is 0.750. The van der Waals surface area contributed by atoms with Crippen LogP contribution in [0.25, 0.3) is 0 Å². The number of halogens is 1. The molecule has 2 N–H and O–H groups in total. The minimum Gasteiger partial charge on any atom is -0.444 e. The lowest BCUT2D eigenvalue weighted by Crippen LogP contribution is -2.46. The molecular weight excluding hydrogens is 356 g/mol. The number of alkyl carbamates (subject to hydrolysis) is 1. The van der Waals surface area contributed by atoms with Crippen molar-refractivity contribution in [2.75, 3.05) is 6.54 Å². The maximum Gasteiger partial charge on any atom is 0.407 e. The highest BCUT2D eigenvalue weighted by atomic mass is 79.9. The van der Waals surface area contributed by atoms with E-state index in [9.17, 15) is 4.79 Å². The second kappa shape index (κ2) is 8.69. The summed E-state index contributed by atoms with van der Waals surface area (Å²) in [6.07, 6.45) is -0.375. The first-order valence-electron chi connectivity index (χ1n) is 8.07. The van der Waals surface area contributed by atoms with Gasteiger partial charge in [0.1, 0.15) is 5.60 Å². The maximum atomic E-state index is 11.8. The Morgan fingerprint density at radius 2 is 1.91 bits per heavy atom. The zero-order valence-corrected chi connectivity index (χ0v) is 16.5. The van der Waals surface area contributed by atoms with E-state index in [1.165, 1.54) is 5.56 Å². The Balaban J connectivity index is 2.60. The van der Waals surface area contributed by atoms with Crippen LogP contribution in [0.15, 0.2) is 28.7 Å². The smallest absolute Gasteiger partial charge is 0.407 e. The Morgan fingerprint density at radius 3 is 2.43 bits per heavy atom. The summed E-state index contributed by atoms with van der Waals surface area (Å²) in [7, 11) is 0. The van der Waals surface area contributed by atoms with Gasteiger partial charge in [0.05, 0.1) is 0 Å². The van der Waals surface area contributed by atoms with E-state index in [-0.39, 0.29) is 18.2 Å². The topological polar surface area (TPSA) is 50.4 Å². The highest BCUT2D eigenvalue weighted by molar-refractivity contribution is 9.10. The van der Waals surface area contributed by atoms with Crippen LogP contribution in [-0.4, -0.2) is 24.3 Å². The first-order valence-corrected chi connectivity index (χ1v) is 8.86. The standard InChI is InChI=1S/C18H29BrN2O2/c1-12(2)16(11-20-17(22)23-18(4,5)6)21-13(3)14-8-7-9-15(19)10-14/h7-10,12-13,16,21H,11H2,1-6H3,(H,20,22). The Bertz CT molecular complexity index is 512. The lowest BCUT2D eigenvalue weighted by Gasteiger charge is -2.28. The van der Waals surface area contributed by atoms with Gasteiger partial charge in [0, 0.05) is 23.1 Å². The fourth-order valence-corrected chi connectivity index (χ4v) is 2.60. The second-order valence-corrected chi connectivity index (χ2v) is 8.09. The molecule has 1 amide bonds. The molecule has 1 aromatic carbocycles. The van der Waals surface area contributed by atoms with Crippen LogP contribution in [-0.2, 0) is 4.74 Å². The van der Waals surface area contributed by atoms with E-state index in [0.717, 1.165) is 4.47 Å². The van der Waals surface area contributed by atoms with Crippen LogP contribution in [0, 0.1) is 5.92 Å². The molecule has 0 radical (unpaired) electrons. The molecule has 2 atom stereocenters. The Labute approximate surface area is 148 Å². The van der Waals surface area contributed by atoms with Gasteiger partial charge in [-0.05, 0) is 51.3 Å². The lowest BCUT2D eigenvalue weighted by atomic mass is 10.0. The Morgan fingerprint density at radius 1 is 1.26 bits per heavy atom. The summed E-state index contributed by atoms with van der Waals surface area (Å²) in [5.74, 6) is 0.388. The molecule has 5 heteroatoms. The number of carbonyl (C=O) groups excluding carboxylic acids is 1. The molecule has 0 saturated carbocycles. The van der Waals surface area contributed by atoms with Crippen LogP contribution < -0.4 is 10.6 Å². The molecule has 1 aromatic rings. The average Bonchev–Trinajstić information content (AvgIpc) is 2.40. The van der Waals surface area contributed by atoms with Crippen molar-refractivity contribution in [3.8, 4) is 0 Å². The Kier molecular flexibility index (Phi) is 7.55. The number of rotatable bonds is 6. The van der Waals surface area contributed by atoms with Crippen molar-refractivity contribution < 1.29 is 9.53 Å². The highest BCUT2D eigenvalue weighted by Gasteiger charge is 2.20. The fourth-order valence-electron chi connectivity index (χ4n) is 2.19. The fraction of sp³-hybridized carbons (Fsp3) is 0.611. The summed E-state index contributed by atoms with van der Waals surface area (Å²) in [5, 5.41) is 6.44. The molecule has 0 aliphatic rings. The van der Waals surface area contributed by atoms with Crippen molar-refractivity contribution in [1.29, 1.82) is 0 Å². The van der Waals surface area contributed by atoms with Gasteiger partial charge in [-0.2, -0.15) is 0 Å². The molecule has 0 heterocycles. The van der Waals surface area contributed by atoms with Gasteiger partial charge in [0.25, 0.3) is 0 Å². The predicted molar refractivity (Wildman–Crippen MR) is 98.6 cm³/mol. The van der Waals surface area contributed by atoms with Crippen molar-refractivity contribution in [2.24, 2.45) is 5.92 Å². The number of benzene rings is 1. The summed E-state index contributed by atoms with van der Waals surface area (Å²) in [4.78, 5) is 11.8. The second-order valence-electron chi connectivity index (χ2n) is 7.18. The van der Waals surface area contributed by atoms with Crippen molar-refractivity contribution in [3.05, 3.63) is 34.3 Å². The van der Waals surface area contributed by atoms with Crippen molar-refractivity contribution in [2.45, 2.75) is 59.2 Å². The van der Waals surface area contributed by atoms with Gasteiger partial charge >= 0.3 is 6.09 Å². The van der Waals surface area contributed by atoms with Crippen LogP contribution in [0.3, 0.4) is 0 Å². The molecule has 1 rings (SSSR count). The van der Waals surface area contributed by atoms with Crippen LogP contribution in [0.2, 0.25) is 0 Å². The van der Waals surface area contributed by atoms with E-state index in [1.807, 2.05) is 32.9 Å². The summed E-state index contributed by atoms with van der Waals surface area (Å²) in [6, 6.07) is 8.61. The zero-order chi connectivity index (χ0) is 17.6. The first-order chi connectivity index (χ1) is 10.6. The largest absolute Gasteiger partial charge is 0.444 e. The first kappa shape index (κ1) is 20.0. The number of hydrogen-bond acceptors (Lipinski definition) is 3. The summed E-state index contributed by atoms with van der Waals surface area (Å²) in [5.41, 5.74) is 0.733. The molecule has 0 aromatic heterocycles. The van der Waals surface area contributed by atoms with Gasteiger partial charge in [-0.1, -0.05) is 41.9 Å². The van der Waals surface area contributed by atoms with Crippen LogP contribution in [0.1, 0.15) is 53.1 Å². The number of carbonyl (C=O) groups is 1. The molecule has 130 valence electrons. The normalized spacial score (nSPS) is 14.4. The van der Waals surface area contributed by atoms with Crippen LogP contribution in [0.5, 0.6) is 0 Å². The molecule has 0 bridgehead atoms. The molecule has 4 nitrogen and oxygen atoms in total. The van der Waals surface area contributed by atoms with Crippen molar-refractivity contribution in [3.63, 3.8) is 0 Å². The van der Waals surface area contributed by atoms with Crippen molar-refractivity contribution >= 4 is 22.0 Å². The molecule has 0 spiro atoms. The molecule has 0 saturated heterocycles. The van der Waals surface area contributed by atoms with Gasteiger partial charge in [-0.15, -0.1) is 0 Å². The highest BCUT2D eigenvalue weighted by Crippen LogP contribution is 2.19. The third kappa shape index (κ3) is 7.84. The number of ether oxygens (including phenoxy) is 1. The third-order valence-electron chi connectivity index (χ3n) is 3.48. The SMILES string of the molecule is CC(NC(CNC(=O)OC(C)(C)C)C(C)C)c1cccc(Br)c1. The van der Waals surface area contributed by atoms with E-state index in [2.05, 4.69) is 59.5 Å². The van der Waals surface area contributed by atoms with E-state index in [1.54, 1.807) is 0 Å². The zero-order valence-electron chi connectivity index (χ0n) is 14.9. The Hall–Kier alpha value is -1.07. The maximum absolute atomic E-state index is 11.8. The monoisotopic (exact) mass is 384 g/mol. The third-order valence-corrected chi connectivity index (χ3v) is 3.98. The number of amides is 1. The van der Waals surface area contributed by atoms with E-state index in [0.29, 0.717) is 12.5 Å². The molecule has 0 aliphatic carbocycles. The number of hydrogen-bond donors (Lipinski definition) is 2. The minimum absolute atomic E-state index is 0.163. The van der Waals surface area contributed by atoms with Gasteiger partial charge in [-0.3, -0.25) is 0 Å². The summed E-state index contributed by atoms with van der Waals surface area (Å²) < 4.78 is 6.36. The molecule has 0 fully saturated rings. The van der Waals surface area contributed by atoms with Crippen molar-refractivity contribution in [1.82, 2.24) is 10.6 Å². The van der Waals surface area contributed by atoms with Gasteiger partial charge in [0.15, 0.2) is 0 Å². The lowest BCUT2D eigenvalue weighted by molar-refractivity contribution is 0.0518. The summed E-state index contributed by atoms with van der Waals surface area (Å²) in [6.45, 7) is 12.5. The molecular formula is C18H29BrN2O2. The van der Waals surface area contributed by atoms with Crippen LogP contribution in [0.4, 0.5) is 4.79 Å². The minimum atomic E-state index is -0.478. The molecule has 0 aliphatic heterocycles. The predicted octanol–water partition coefficient (Wildman–Crippen LogP) is 4.65.